The average molecular weight is 381 g/mol. The van der Waals surface area contributed by atoms with Crippen LogP contribution in [0.3, 0.4) is 0 Å². The van der Waals surface area contributed by atoms with Crippen LogP contribution in [0.25, 0.3) is 11.0 Å². The molecule has 1 aliphatic rings. The predicted octanol–water partition coefficient (Wildman–Crippen LogP) is 2.98. The predicted molar refractivity (Wildman–Crippen MR) is 99.9 cm³/mol. The van der Waals surface area contributed by atoms with Gasteiger partial charge in [0.2, 0.25) is 0 Å². The molecule has 1 aromatic carbocycles. The van der Waals surface area contributed by atoms with E-state index in [2.05, 4.69) is 24.1 Å². The molecule has 2 heterocycles. The van der Waals surface area contributed by atoms with Crippen molar-refractivity contribution in [1.29, 1.82) is 0 Å². The van der Waals surface area contributed by atoms with Crippen molar-refractivity contribution < 1.29 is 24.2 Å². The van der Waals surface area contributed by atoms with Crippen molar-refractivity contribution in [3.8, 4) is 0 Å². The van der Waals surface area contributed by atoms with Gasteiger partial charge in [-0.05, 0) is 32.0 Å². The standard InChI is InChI=1S/C14H17ClN2O.C4H4O4/c1-9-8-17(10(2)7-16-9)13-6-12(15)5-11-3-4-18-14(11)13;5-3(6)1-2-4(7)8/h3-6,9-10,16H,7-8H2,1-2H3;1-2H,(H,5,6)(H,7,8)/b;2-1+/t9-,10+;/m0./s1. The normalized spacial score (nSPS) is 20.0. The molecule has 0 bridgehead atoms. The minimum absolute atomic E-state index is 0.438. The molecule has 7 nitrogen and oxygen atoms in total. The maximum Gasteiger partial charge on any atom is 0.328 e. The van der Waals surface area contributed by atoms with Crippen LogP contribution in [-0.4, -0.2) is 47.3 Å². The second-order valence-electron chi connectivity index (χ2n) is 6.08. The monoisotopic (exact) mass is 380 g/mol. The van der Waals surface area contributed by atoms with E-state index in [1.54, 1.807) is 6.26 Å². The first-order valence-electron chi connectivity index (χ1n) is 8.08. The number of hydrogen-bond donors (Lipinski definition) is 3. The van der Waals surface area contributed by atoms with Gasteiger partial charge in [0, 0.05) is 47.7 Å². The number of rotatable bonds is 3. The minimum atomic E-state index is -1.26. The summed E-state index contributed by atoms with van der Waals surface area (Å²) in [6.45, 7) is 6.37. The molecule has 2 aromatic rings. The van der Waals surface area contributed by atoms with Gasteiger partial charge >= 0.3 is 11.9 Å². The molecular weight excluding hydrogens is 360 g/mol. The Labute approximate surface area is 155 Å². The number of anilines is 1. The Balaban J connectivity index is 0.000000260. The molecule has 3 N–H and O–H groups in total. The zero-order valence-electron chi connectivity index (χ0n) is 14.5. The zero-order chi connectivity index (χ0) is 19.3. The van der Waals surface area contributed by atoms with Gasteiger partial charge in [-0.25, -0.2) is 9.59 Å². The molecule has 1 aromatic heterocycles. The number of carboxylic acids is 2. The summed E-state index contributed by atoms with van der Waals surface area (Å²) >= 11 is 6.20. The lowest BCUT2D eigenvalue weighted by Crippen LogP contribution is -2.54. The number of halogens is 1. The molecule has 140 valence electrons. The fourth-order valence-corrected chi connectivity index (χ4v) is 2.96. The highest BCUT2D eigenvalue weighted by atomic mass is 35.5. The molecule has 3 rings (SSSR count). The molecule has 1 saturated heterocycles. The van der Waals surface area contributed by atoms with Crippen LogP contribution in [0.4, 0.5) is 5.69 Å². The third-order valence-corrected chi connectivity index (χ3v) is 4.16. The topological polar surface area (TPSA) is 103 Å². The largest absolute Gasteiger partial charge is 0.478 e. The van der Waals surface area contributed by atoms with E-state index in [1.807, 2.05) is 18.2 Å². The van der Waals surface area contributed by atoms with Crippen molar-refractivity contribution in [2.24, 2.45) is 0 Å². The Kier molecular flexibility index (Phi) is 6.65. The molecule has 2 atom stereocenters. The smallest absolute Gasteiger partial charge is 0.328 e. The quantitative estimate of drug-likeness (QED) is 0.703. The van der Waals surface area contributed by atoms with Crippen LogP contribution in [0.5, 0.6) is 0 Å². The van der Waals surface area contributed by atoms with Gasteiger partial charge < -0.3 is 24.8 Å². The van der Waals surface area contributed by atoms with Gasteiger partial charge in [-0.15, -0.1) is 0 Å². The molecular formula is C18H21ClN2O5. The number of nitrogens with zero attached hydrogens (tertiary/aromatic N) is 1. The van der Waals surface area contributed by atoms with E-state index in [0.717, 1.165) is 34.8 Å². The number of hydrogen-bond acceptors (Lipinski definition) is 5. The number of piperazine rings is 1. The molecule has 0 amide bonds. The average Bonchev–Trinajstić information content (AvgIpc) is 3.03. The fourth-order valence-electron chi connectivity index (χ4n) is 2.74. The first kappa shape index (κ1) is 19.8. The van der Waals surface area contributed by atoms with E-state index < -0.39 is 11.9 Å². The Hall–Kier alpha value is -2.51. The second-order valence-corrected chi connectivity index (χ2v) is 6.52. The first-order valence-corrected chi connectivity index (χ1v) is 8.46. The summed E-state index contributed by atoms with van der Waals surface area (Å²) in [5.74, 6) is -2.51. The van der Waals surface area contributed by atoms with Crippen molar-refractivity contribution in [1.82, 2.24) is 5.32 Å². The van der Waals surface area contributed by atoms with Gasteiger partial charge in [0.15, 0.2) is 5.58 Å². The molecule has 26 heavy (non-hydrogen) atoms. The van der Waals surface area contributed by atoms with Crippen LogP contribution in [0.1, 0.15) is 13.8 Å². The summed E-state index contributed by atoms with van der Waals surface area (Å²) < 4.78 is 5.62. The summed E-state index contributed by atoms with van der Waals surface area (Å²) in [4.78, 5) is 21.5. The lowest BCUT2D eigenvalue weighted by Gasteiger charge is -2.39. The highest BCUT2D eigenvalue weighted by Crippen LogP contribution is 2.33. The molecule has 1 fully saturated rings. The zero-order valence-corrected chi connectivity index (χ0v) is 15.2. The van der Waals surface area contributed by atoms with E-state index in [-0.39, 0.29) is 0 Å². The summed E-state index contributed by atoms with van der Waals surface area (Å²) in [7, 11) is 0. The Bertz CT molecular complexity index is 801. The van der Waals surface area contributed by atoms with Crippen LogP contribution in [0, 0.1) is 0 Å². The van der Waals surface area contributed by atoms with E-state index in [1.165, 1.54) is 0 Å². The summed E-state index contributed by atoms with van der Waals surface area (Å²) in [5, 5.41) is 20.9. The van der Waals surface area contributed by atoms with Gasteiger partial charge in [-0.2, -0.15) is 0 Å². The van der Waals surface area contributed by atoms with Crippen molar-refractivity contribution >= 4 is 40.2 Å². The van der Waals surface area contributed by atoms with E-state index in [4.69, 9.17) is 26.2 Å². The highest BCUT2D eigenvalue weighted by molar-refractivity contribution is 6.31. The van der Waals surface area contributed by atoms with Gasteiger partial charge in [0.25, 0.3) is 0 Å². The van der Waals surface area contributed by atoms with Crippen LogP contribution >= 0.6 is 11.6 Å². The molecule has 0 spiro atoms. The van der Waals surface area contributed by atoms with Crippen LogP contribution in [0.2, 0.25) is 5.02 Å². The summed E-state index contributed by atoms with van der Waals surface area (Å²) in [6, 6.07) is 6.82. The Morgan fingerprint density at radius 3 is 2.54 bits per heavy atom. The Morgan fingerprint density at radius 1 is 1.27 bits per heavy atom. The van der Waals surface area contributed by atoms with E-state index in [0.29, 0.717) is 24.2 Å². The fraction of sp³-hybridized carbons (Fsp3) is 0.333. The molecule has 1 aliphatic heterocycles. The molecule has 0 aliphatic carbocycles. The number of nitrogens with one attached hydrogen (secondary N) is 1. The Morgan fingerprint density at radius 2 is 1.92 bits per heavy atom. The van der Waals surface area contributed by atoms with Gasteiger partial charge in [0.05, 0.1) is 12.0 Å². The second kappa shape index (κ2) is 8.73. The van der Waals surface area contributed by atoms with Crippen LogP contribution in [0.15, 0.2) is 41.0 Å². The van der Waals surface area contributed by atoms with Crippen LogP contribution < -0.4 is 10.2 Å². The van der Waals surface area contributed by atoms with Crippen molar-refractivity contribution in [2.45, 2.75) is 25.9 Å². The number of carboxylic acid groups (broad SMARTS) is 2. The third-order valence-electron chi connectivity index (χ3n) is 3.94. The highest BCUT2D eigenvalue weighted by Gasteiger charge is 2.25. The maximum atomic E-state index is 9.55. The molecule has 0 saturated carbocycles. The number of benzene rings is 1. The summed E-state index contributed by atoms with van der Waals surface area (Å²) in [6.07, 6.45) is 2.84. The van der Waals surface area contributed by atoms with Gasteiger partial charge in [-0.3, -0.25) is 0 Å². The number of fused-ring (bicyclic) bond motifs is 1. The van der Waals surface area contributed by atoms with Crippen molar-refractivity contribution in [3.63, 3.8) is 0 Å². The molecule has 0 unspecified atom stereocenters. The lowest BCUT2D eigenvalue weighted by atomic mass is 10.1. The van der Waals surface area contributed by atoms with E-state index in [9.17, 15) is 9.59 Å². The molecule has 0 radical (unpaired) electrons. The van der Waals surface area contributed by atoms with Crippen molar-refractivity contribution in [2.75, 3.05) is 18.0 Å². The SMILES string of the molecule is C[C@@H]1CN[C@@H](C)CN1c1cc(Cl)cc2ccoc12.O=C(O)/C=C/C(=O)O. The van der Waals surface area contributed by atoms with Gasteiger partial charge in [0.1, 0.15) is 0 Å². The van der Waals surface area contributed by atoms with Gasteiger partial charge in [-0.1, -0.05) is 11.6 Å². The molecule has 8 heteroatoms. The van der Waals surface area contributed by atoms with E-state index >= 15 is 0 Å². The van der Waals surface area contributed by atoms with Crippen LogP contribution in [-0.2, 0) is 9.59 Å². The first-order chi connectivity index (χ1) is 12.3. The number of aliphatic carboxylic acids is 2. The third kappa shape index (κ3) is 5.24. The number of furan rings is 1. The summed E-state index contributed by atoms with van der Waals surface area (Å²) in [5.41, 5.74) is 2.03. The minimum Gasteiger partial charge on any atom is -0.478 e. The maximum absolute atomic E-state index is 9.55. The lowest BCUT2D eigenvalue weighted by molar-refractivity contribution is -0.134. The van der Waals surface area contributed by atoms with Crippen molar-refractivity contribution in [3.05, 3.63) is 41.6 Å². The number of carbonyl (C=O) groups is 2.